The summed E-state index contributed by atoms with van der Waals surface area (Å²) in [5.74, 6) is -1.28. The summed E-state index contributed by atoms with van der Waals surface area (Å²) in [4.78, 5) is 49.3. The van der Waals surface area contributed by atoms with Crippen LogP contribution in [-0.2, 0) is 14.3 Å². The van der Waals surface area contributed by atoms with Crippen LogP contribution in [0.2, 0.25) is 0 Å². The SMILES string of the molecule is COC(=O)c1cccc(NC(=O)CN2C(=O)N[C@@](C)(CC(C)C)C2=O)c1. The maximum atomic E-state index is 12.5. The fourth-order valence-electron chi connectivity index (χ4n) is 3.03. The van der Waals surface area contributed by atoms with E-state index in [4.69, 9.17) is 0 Å². The molecule has 0 radical (unpaired) electrons. The molecule has 26 heavy (non-hydrogen) atoms. The van der Waals surface area contributed by atoms with E-state index in [1.165, 1.54) is 13.2 Å². The van der Waals surface area contributed by atoms with Crippen molar-refractivity contribution in [1.82, 2.24) is 10.2 Å². The fourth-order valence-corrected chi connectivity index (χ4v) is 3.03. The zero-order chi connectivity index (χ0) is 19.5. The minimum absolute atomic E-state index is 0.207. The van der Waals surface area contributed by atoms with Crippen LogP contribution >= 0.6 is 0 Å². The molecule has 2 rings (SSSR count). The summed E-state index contributed by atoms with van der Waals surface area (Å²) < 4.78 is 4.63. The number of nitrogens with zero attached hydrogens (tertiary/aromatic N) is 1. The van der Waals surface area contributed by atoms with Crippen LogP contribution in [-0.4, -0.2) is 47.9 Å². The molecule has 1 saturated heterocycles. The largest absolute Gasteiger partial charge is 0.465 e. The number of rotatable bonds is 6. The molecule has 8 nitrogen and oxygen atoms in total. The lowest BCUT2D eigenvalue weighted by atomic mass is 9.91. The molecule has 0 aromatic heterocycles. The Morgan fingerprint density at radius 1 is 1.31 bits per heavy atom. The van der Waals surface area contributed by atoms with Crippen LogP contribution in [0.5, 0.6) is 0 Å². The molecule has 0 bridgehead atoms. The van der Waals surface area contributed by atoms with Crippen molar-refractivity contribution >= 4 is 29.5 Å². The topological polar surface area (TPSA) is 105 Å². The van der Waals surface area contributed by atoms with Gasteiger partial charge in [0.2, 0.25) is 5.91 Å². The van der Waals surface area contributed by atoms with Gasteiger partial charge >= 0.3 is 12.0 Å². The average molecular weight is 361 g/mol. The molecule has 1 aromatic rings. The van der Waals surface area contributed by atoms with Gasteiger partial charge in [0, 0.05) is 5.69 Å². The van der Waals surface area contributed by atoms with Crippen molar-refractivity contribution in [2.45, 2.75) is 32.7 Å². The van der Waals surface area contributed by atoms with Crippen molar-refractivity contribution in [2.75, 3.05) is 19.0 Å². The highest BCUT2D eigenvalue weighted by molar-refractivity contribution is 6.10. The third-order valence-electron chi connectivity index (χ3n) is 4.03. The Hall–Kier alpha value is -2.90. The fraction of sp³-hybridized carbons (Fsp3) is 0.444. The van der Waals surface area contributed by atoms with Crippen molar-refractivity contribution in [2.24, 2.45) is 5.92 Å². The van der Waals surface area contributed by atoms with Gasteiger partial charge in [-0.25, -0.2) is 9.59 Å². The maximum Gasteiger partial charge on any atom is 0.337 e. The van der Waals surface area contributed by atoms with Gasteiger partial charge in [-0.1, -0.05) is 19.9 Å². The summed E-state index contributed by atoms with van der Waals surface area (Å²) in [6, 6.07) is 5.61. The number of nitrogens with one attached hydrogen (secondary N) is 2. The summed E-state index contributed by atoms with van der Waals surface area (Å²) >= 11 is 0. The van der Waals surface area contributed by atoms with Crippen LogP contribution in [0.25, 0.3) is 0 Å². The second kappa shape index (κ2) is 7.55. The number of urea groups is 1. The minimum atomic E-state index is -1.00. The molecular formula is C18H23N3O5. The normalized spacial score (nSPS) is 19.5. The van der Waals surface area contributed by atoms with Gasteiger partial charge in [-0.2, -0.15) is 0 Å². The molecule has 140 valence electrons. The molecule has 8 heteroatoms. The Balaban J connectivity index is 2.05. The Morgan fingerprint density at radius 2 is 2.00 bits per heavy atom. The molecule has 0 aliphatic carbocycles. The van der Waals surface area contributed by atoms with Gasteiger partial charge in [0.1, 0.15) is 12.1 Å². The molecule has 2 N–H and O–H groups in total. The van der Waals surface area contributed by atoms with E-state index >= 15 is 0 Å². The predicted molar refractivity (Wildman–Crippen MR) is 94.5 cm³/mol. The Bertz CT molecular complexity index is 746. The number of ether oxygens (including phenoxy) is 1. The highest BCUT2D eigenvalue weighted by Gasteiger charge is 2.48. The third kappa shape index (κ3) is 4.19. The number of methoxy groups -OCH3 is 1. The van der Waals surface area contributed by atoms with E-state index < -0.39 is 35.9 Å². The van der Waals surface area contributed by atoms with Crippen molar-refractivity contribution in [3.05, 3.63) is 29.8 Å². The van der Waals surface area contributed by atoms with E-state index in [9.17, 15) is 19.2 Å². The summed E-state index contributed by atoms with van der Waals surface area (Å²) in [5, 5.41) is 5.24. The molecule has 4 amide bonds. The Morgan fingerprint density at radius 3 is 2.62 bits per heavy atom. The van der Waals surface area contributed by atoms with Gasteiger partial charge in [-0.05, 0) is 37.5 Å². The second-order valence-corrected chi connectivity index (χ2v) is 6.87. The highest BCUT2D eigenvalue weighted by Crippen LogP contribution is 2.25. The van der Waals surface area contributed by atoms with Crippen LogP contribution in [0.15, 0.2) is 24.3 Å². The van der Waals surface area contributed by atoms with Crippen molar-refractivity contribution in [3.63, 3.8) is 0 Å². The molecule has 1 fully saturated rings. The number of esters is 1. The number of imide groups is 1. The van der Waals surface area contributed by atoms with Gasteiger partial charge in [-0.15, -0.1) is 0 Å². The zero-order valence-corrected chi connectivity index (χ0v) is 15.3. The van der Waals surface area contributed by atoms with E-state index in [1.807, 2.05) is 13.8 Å². The van der Waals surface area contributed by atoms with Crippen molar-refractivity contribution < 1.29 is 23.9 Å². The second-order valence-electron chi connectivity index (χ2n) is 6.87. The molecule has 1 atom stereocenters. The van der Waals surface area contributed by atoms with Crippen LogP contribution in [0.1, 0.15) is 37.6 Å². The molecule has 0 saturated carbocycles. The van der Waals surface area contributed by atoms with E-state index in [2.05, 4.69) is 15.4 Å². The first-order valence-electron chi connectivity index (χ1n) is 8.28. The highest BCUT2D eigenvalue weighted by atomic mass is 16.5. The monoisotopic (exact) mass is 361 g/mol. The van der Waals surface area contributed by atoms with Gasteiger partial charge in [-0.3, -0.25) is 14.5 Å². The van der Waals surface area contributed by atoms with E-state index in [1.54, 1.807) is 25.1 Å². The number of anilines is 1. The summed E-state index contributed by atoms with van der Waals surface area (Å²) in [6.07, 6.45) is 0.483. The molecule has 0 unspecified atom stereocenters. The summed E-state index contributed by atoms with van der Waals surface area (Å²) in [5.41, 5.74) is -0.351. The van der Waals surface area contributed by atoms with Gasteiger partial charge in [0.05, 0.1) is 12.7 Å². The third-order valence-corrected chi connectivity index (χ3v) is 4.03. The maximum absolute atomic E-state index is 12.5. The van der Waals surface area contributed by atoms with E-state index in [0.717, 1.165) is 4.90 Å². The molecule has 0 spiro atoms. The van der Waals surface area contributed by atoms with Crippen molar-refractivity contribution in [3.8, 4) is 0 Å². The molecule has 1 aromatic carbocycles. The Kier molecular flexibility index (Phi) is 5.64. The number of benzene rings is 1. The number of amides is 4. The summed E-state index contributed by atoms with van der Waals surface area (Å²) in [6.45, 7) is 5.16. The first-order valence-corrected chi connectivity index (χ1v) is 8.28. The molecule has 1 heterocycles. The first-order chi connectivity index (χ1) is 12.2. The first kappa shape index (κ1) is 19.4. The molecule has 1 aliphatic heterocycles. The molecular weight excluding hydrogens is 338 g/mol. The van der Waals surface area contributed by atoms with Crippen molar-refractivity contribution in [1.29, 1.82) is 0 Å². The zero-order valence-electron chi connectivity index (χ0n) is 15.3. The van der Waals surface area contributed by atoms with Gasteiger partial charge < -0.3 is 15.4 Å². The van der Waals surface area contributed by atoms with Crippen LogP contribution < -0.4 is 10.6 Å². The lowest BCUT2D eigenvalue weighted by molar-refractivity contribution is -0.133. The standard InChI is InChI=1S/C18H23N3O5/c1-11(2)9-18(3)16(24)21(17(25)20-18)10-14(22)19-13-7-5-6-12(8-13)15(23)26-4/h5-8,11H,9-10H2,1-4H3,(H,19,22)(H,20,25)/t18-/m0/s1. The number of hydrogen-bond donors (Lipinski definition) is 2. The number of hydrogen-bond acceptors (Lipinski definition) is 5. The predicted octanol–water partition coefficient (Wildman–Crippen LogP) is 1.77. The van der Waals surface area contributed by atoms with Crippen LogP contribution in [0.4, 0.5) is 10.5 Å². The average Bonchev–Trinajstić information content (AvgIpc) is 2.76. The van der Waals surface area contributed by atoms with E-state index in [-0.39, 0.29) is 11.5 Å². The minimum Gasteiger partial charge on any atom is -0.465 e. The van der Waals surface area contributed by atoms with Crippen LogP contribution in [0, 0.1) is 5.92 Å². The molecule has 1 aliphatic rings. The lowest BCUT2D eigenvalue weighted by Gasteiger charge is -2.23. The quantitative estimate of drug-likeness (QED) is 0.593. The number of carbonyl (C=O) groups is 4. The van der Waals surface area contributed by atoms with Gasteiger partial charge in [0.15, 0.2) is 0 Å². The Labute approximate surface area is 151 Å². The lowest BCUT2D eigenvalue weighted by Crippen LogP contribution is -2.45. The van der Waals surface area contributed by atoms with Crippen LogP contribution in [0.3, 0.4) is 0 Å². The summed E-state index contributed by atoms with van der Waals surface area (Å²) in [7, 11) is 1.26. The van der Waals surface area contributed by atoms with E-state index in [0.29, 0.717) is 12.1 Å². The van der Waals surface area contributed by atoms with Gasteiger partial charge in [0.25, 0.3) is 5.91 Å². The smallest absolute Gasteiger partial charge is 0.337 e. The number of carbonyl (C=O) groups excluding carboxylic acids is 4.